The Labute approximate surface area is 127 Å². The van der Waals surface area contributed by atoms with Gasteiger partial charge in [-0.3, -0.25) is 4.79 Å². The SMILES string of the molecule is CCOc1ccc(NC(=O)[C@@H](N)CC(C)C)c(C)c1.Cl. The van der Waals surface area contributed by atoms with Gasteiger partial charge in [0, 0.05) is 5.69 Å². The minimum atomic E-state index is -0.467. The highest BCUT2D eigenvalue weighted by Crippen LogP contribution is 2.21. The van der Waals surface area contributed by atoms with E-state index >= 15 is 0 Å². The first-order chi connectivity index (χ1) is 8.93. The summed E-state index contributed by atoms with van der Waals surface area (Å²) in [7, 11) is 0. The largest absolute Gasteiger partial charge is 0.494 e. The van der Waals surface area contributed by atoms with Gasteiger partial charge in [0.15, 0.2) is 0 Å². The van der Waals surface area contributed by atoms with Crippen LogP contribution in [0.15, 0.2) is 18.2 Å². The third-order valence-corrected chi connectivity index (χ3v) is 2.83. The predicted octanol–water partition coefficient (Wildman–Crippen LogP) is 3.13. The Kier molecular flexibility index (Phi) is 8.26. The first kappa shape index (κ1) is 18.7. The van der Waals surface area contributed by atoms with Crippen molar-refractivity contribution in [2.75, 3.05) is 11.9 Å². The molecule has 1 aromatic rings. The number of benzene rings is 1. The van der Waals surface area contributed by atoms with Crippen LogP contribution in [0.2, 0.25) is 0 Å². The van der Waals surface area contributed by atoms with Crippen LogP contribution in [-0.2, 0) is 4.79 Å². The number of amides is 1. The van der Waals surface area contributed by atoms with Crippen LogP contribution >= 0.6 is 12.4 Å². The van der Waals surface area contributed by atoms with Crippen LogP contribution in [0.4, 0.5) is 5.69 Å². The zero-order valence-electron chi connectivity index (χ0n) is 12.6. The Bertz CT molecular complexity index is 436. The zero-order valence-corrected chi connectivity index (χ0v) is 13.4. The summed E-state index contributed by atoms with van der Waals surface area (Å²) in [6.45, 7) is 8.61. The summed E-state index contributed by atoms with van der Waals surface area (Å²) in [6.07, 6.45) is 0.682. The Morgan fingerprint density at radius 1 is 1.40 bits per heavy atom. The summed E-state index contributed by atoms with van der Waals surface area (Å²) in [4.78, 5) is 11.9. The molecule has 0 unspecified atom stereocenters. The average Bonchev–Trinajstić information content (AvgIpc) is 2.32. The molecular formula is C15H25ClN2O2. The number of carbonyl (C=O) groups is 1. The average molecular weight is 301 g/mol. The van der Waals surface area contributed by atoms with E-state index in [1.165, 1.54) is 0 Å². The molecule has 0 fully saturated rings. The van der Waals surface area contributed by atoms with E-state index in [2.05, 4.69) is 19.2 Å². The van der Waals surface area contributed by atoms with Crippen molar-refractivity contribution in [3.63, 3.8) is 0 Å². The summed E-state index contributed by atoms with van der Waals surface area (Å²) < 4.78 is 5.41. The maximum Gasteiger partial charge on any atom is 0.241 e. The van der Waals surface area contributed by atoms with Crippen LogP contribution in [0, 0.1) is 12.8 Å². The monoisotopic (exact) mass is 300 g/mol. The Morgan fingerprint density at radius 2 is 2.05 bits per heavy atom. The molecular weight excluding hydrogens is 276 g/mol. The normalized spacial score (nSPS) is 11.7. The smallest absolute Gasteiger partial charge is 0.241 e. The molecule has 1 rings (SSSR count). The van der Waals surface area contributed by atoms with Gasteiger partial charge in [-0.25, -0.2) is 0 Å². The number of rotatable bonds is 6. The van der Waals surface area contributed by atoms with Crippen LogP contribution in [0.5, 0.6) is 5.75 Å². The lowest BCUT2D eigenvalue weighted by atomic mass is 10.0. The van der Waals surface area contributed by atoms with Crippen molar-refractivity contribution in [1.29, 1.82) is 0 Å². The lowest BCUT2D eigenvalue weighted by Gasteiger charge is -2.16. The molecule has 114 valence electrons. The summed E-state index contributed by atoms with van der Waals surface area (Å²) in [5.41, 5.74) is 7.61. The van der Waals surface area contributed by atoms with E-state index in [4.69, 9.17) is 10.5 Å². The van der Waals surface area contributed by atoms with E-state index in [1.807, 2.05) is 32.0 Å². The number of nitrogens with two attached hydrogens (primary N) is 1. The Hall–Kier alpha value is -1.26. The molecule has 0 bridgehead atoms. The molecule has 5 heteroatoms. The Balaban J connectivity index is 0.00000361. The standard InChI is InChI=1S/C15H24N2O2.ClH/c1-5-19-12-6-7-14(11(4)9-12)17-15(18)13(16)8-10(2)3;/h6-7,9-10,13H,5,8,16H2,1-4H3,(H,17,18);1H/t13-;/m0./s1. The van der Waals surface area contributed by atoms with Crippen molar-refractivity contribution in [2.45, 2.75) is 40.2 Å². The van der Waals surface area contributed by atoms with E-state index < -0.39 is 6.04 Å². The van der Waals surface area contributed by atoms with Gasteiger partial charge in [0.05, 0.1) is 12.6 Å². The van der Waals surface area contributed by atoms with Gasteiger partial charge in [-0.15, -0.1) is 12.4 Å². The molecule has 0 aliphatic carbocycles. The first-order valence-corrected chi connectivity index (χ1v) is 6.74. The number of anilines is 1. The maximum absolute atomic E-state index is 11.9. The quantitative estimate of drug-likeness (QED) is 0.848. The predicted molar refractivity (Wildman–Crippen MR) is 85.7 cm³/mol. The number of halogens is 1. The Morgan fingerprint density at radius 3 is 2.55 bits per heavy atom. The van der Waals surface area contributed by atoms with Crippen LogP contribution in [0.1, 0.15) is 32.8 Å². The molecule has 0 aliphatic rings. The van der Waals surface area contributed by atoms with E-state index in [0.717, 1.165) is 17.0 Å². The second kappa shape index (κ2) is 8.82. The molecule has 1 atom stereocenters. The molecule has 4 nitrogen and oxygen atoms in total. The van der Waals surface area contributed by atoms with Crippen molar-refractivity contribution >= 4 is 24.0 Å². The van der Waals surface area contributed by atoms with Crippen molar-refractivity contribution in [2.24, 2.45) is 11.7 Å². The topological polar surface area (TPSA) is 64.3 Å². The highest BCUT2D eigenvalue weighted by molar-refractivity contribution is 5.95. The van der Waals surface area contributed by atoms with Crippen molar-refractivity contribution in [1.82, 2.24) is 0 Å². The van der Waals surface area contributed by atoms with Crippen LogP contribution in [0.25, 0.3) is 0 Å². The fourth-order valence-electron chi connectivity index (χ4n) is 1.87. The fraction of sp³-hybridized carbons (Fsp3) is 0.533. The second-order valence-electron chi connectivity index (χ2n) is 5.14. The molecule has 0 aliphatic heterocycles. The van der Waals surface area contributed by atoms with Gasteiger partial charge in [-0.2, -0.15) is 0 Å². The molecule has 0 spiro atoms. The van der Waals surface area contributed by atoms with Gasteiger partial charge in [-0.1, -0.05) is 13.8 Å². The zero-order chi connectivity index (χ0) is 14.4. The third-order valence-electron chi connectivity index (χ3n) is 2.83. The number of ether oxygens (including phenoxy) is 1. The number of nitrogens with one attached hydrogen (secondary N) is 1. The van der Waals surface area contributed by atoms with Gasteiger partial charge in [0.2, 0.25) is 5.91 Å². The summed E-state index contributed by atoms with van der Waals surface area (Å²) in [6, 6.07) is 5.14. The molecule has 1 aromatic carbocycles. The van der Waals surface area contributed by atoms with Crippen LogP contribution in [0.3, 0.4) is 0 Å². The number of hydrogen-bond acceptors (Lipinski definition) is 3. The summed E-state index contributed by atoms with van der Waals surface area (Å²) >= 11 is 0. The van der Waals surface area contributed by atoms with Gasteiger partial charge in [0.1, 0.15) is 5.75 Å². The fourth-order valence-corrected chi connectivity index (χ4v) is 1.87. The van der Waals surface area contributed by atoms with Crippen molar-refractivity contribution < 1.29 is 9.53 Å². The molecule has 0 heterocycles. The number of hydrogen-bond donors (Lipinski definition) is 2. The molecule has 0 saturated heterocycles. The lowest BCUT2D eigenvalue weighted by molar-refractivity contribution is -0.117. The van der Waals surface area contributed by atoms with Crippen LogP contribution in [-0.4, -0.2) is 18.6 Å². The van der Waals surface area contributed by atoms with E-state index in [1.54, 1.807) is 0 Å². The maximum atomic E-state index is 11.9. The highest BCUT2D eigenvalue weighted by atomic mass is 35.5. The van der Waals surface area contributed by atoms with Crippen LogP contribution < -0.4 is 15.8 Å². The highest BCUT2D eigenvalue weighted by Gasteiger charge is 2.15. The number of carbonyl (C=O) groups excluding carboxylic acids is 1. The lowest BCUT2D eigenvalue weighted by Crippen LogP contribution is -2.36. The molecule has 3 N–H and O–H groups in total. The molecule has 1 amide bonds. The van der Waals surface area contributed by atoms with Crippen molar-refractivity contribution in [3.05, 3.63) is 23.8 Å². The number of aryl methyl sites for hydroxylation is 1. The molecule has 20 heavy (non-hydrogen) atoms. The van der Waals surface area contributed by atoms with Gasteiger partial charge < -0.3 is 15.8 Å². The third kappa shape index (κ3) is 5.80. The summed E-state index contributed by atoms with van der Waals surface area (Å²) in [5.74, 6) is 1.08. The van der Waals surface area contributed by atoms with Gasteiger partial charge >= 0.3 is 0 Å². The first-order valence-electron chi connectivity index (χ1n) is 6.74. The molecule has 0 saturated carbocycles. The van der Waals surface area contributed by atoms with E-state index in [-0.39, 0.29) is 18.3 Å². The van der Waals surface area contributed by atoms with E-state index in [0.29, 0.717) is 18.9 Å². The van der Waals surface area contributed by atoms with Gasteiger partial charge in [-0.05, 0) is 49.9 Å². The van der Waals surface area contributed by atoms with Crippen molar-refractivity contribution in [3.8, 4) is 5.75 Å². The molecule has 0 aromatic heterocycles. The van der Waals surface area contributed by atoms with E-state index in [9.17, 15) is 4.79 Å². The summed E-state index contributed by atoms with van der Waals surface area (Å²) in [5, 5.41) is 2.87. The minimum Gasteiger partial charge on any atom is -0.494 e. The minimum absolute atomic E-state index is 0. The van der Waals surface area contributed by atoms with Gasteiger partial charge in [0.25, 0.3) is 0 Å². The second-order valence-corrected chi connectivity index (χ2v) is 5.14. The molecule has 0 radical (unpaired) electrons.